The van der Waals surface area contributed by atoms with Gasteiger partial charge >= 0.3 is 0 Å². The molecule has 6 heteroatoms. The van der Waals surface area contributed by atoms with Gasteiger partial charge in [0.25, 0.3) is 0 Å². The number of benzene rings is 1. The molecule has 3 rings (SSSR count). The molecule has 0 bridgehead atoms. The molecular formula is C16H22O6. The molecule has 0 amide bonds. The highest BCUT2D eigenvalue weighted by Crippen LogP contribution is 2.39. The van der Waals surface area contributed by atoms with Crippen LogP contribution < -0.4 is 0 Å². The highest BCUT2D eigenvalue weighted by atomic mass is 16.8. The van der Waals surface area contributed by atoms with Crippen molar-refractivity contribution in [2.75, 3.05) is 6.61 Å². The fraction of sp³-hybridized carbons (Fsp3) is 0.625. The van der Waals surface area contributed by atoms with Crippen molar-refractivity contribution in [3.63, 3.8) is 0 Å². The lowest BCUT2D eigenvalue weighted by molar-refractivity contribution is -0.232. The lowest BCUT2D eigenvalue weighted by Gasteiger charge is -2.28. The molecule has 2 unspecified atom stereocenters. The fourth-order valence-electron chi connectivity index (χ4n) is 2.87. The van der Waals surface area contributed by atoms with Crippen LogP contribution in [0.25, 0.3) is 0 Å². The fourth-order valence-corrected chi connectivity index (χ4v) is 2.87. The van der Waals surface area contributed by atoms with Gasteiger partial charge in [-0.25, -0.2) is 0 Å². The maximum Gasteiger partial charge on any atom is 0.190 e. The first-order valence-corrected chi connectivity index (χ1v) is 7.46. The van der Waals surface area contributed by atoms with E-state index in [1.54, 1.807) is 13.8 Å². The predicted octanol–water partition coefficient (Wildman–Crippen LogP) is 0.801. The average Bonchev–Trinajstić information content (AvgIpc) is 2.97. The van der Waals surface area contributed by atoms with Crippen molar-refractivity contribution in [2.45, 2.75) is 56.9 Å². The Bertz CT molecular complexity index is 491. The SMILES string of the molecule is CC1(C)O[C@H]2OC([C@H](O)CO)C(OCc3ccccc3)[C@H]2O1. The van der Waals surface area contributed by atoms with Crippen molar-refractivity contribution in [1.29, 1.82) is 0 Å². The summed E-state index contributed by atoms with van der Waals surface area (Å²) in [5.74, 6) is -0.751. The monoisotopic (exact) mass is 310 g/mol. The number of aliphatic hydroxyl groups is 2. The predicted molar refractivity (Wildman–Crippen MR) is 76.8 cm³/mol. The highest BCUT2D eigenvalue weighted by Gasteiger charge is 2.56. The minimum Gasteiger partial charge on any atom is -0.394 e. The first-order chi connectivity index (χ1) is 10.5. The highest BCUT2D eigenvalue weighted by molar-refractivity contribution is 5.13. The van der Waals surface area contributed by atoms with Crippen LogP contribution in [-0.4, -0.2) is 53.3 Å². The van der Waals surface area contributed by atoms with Gasteiger partial charge in [0.05, 0.1) is 13.2 Å². The van der Waals surface area contributed by atoms with Gasteiger partial charge in [0, 0.05) is 0 Å². The molecule has 2 saturated heterocycles. The number of hydrogen-bond acceptors (Lipinski definition) is 6. The molecule has 2 N–H and O–H groups in total. The van der Waals surface area contributed by atoms with Gasteiger partial charge in [0.15, 0.2) is 12.1 Å². The largest absolute Gasteiger partial charge is 0.394 e. The molecule has 6 nitrogen and oxygen atoms in total. The van der Waals surface area contributed by atoms with E-state index < -0.39 is 43.1 Å². The normalized spacial score (nSPS) is 34.5. The van der Waals surface area contributed by atoms with Gasteiger partial charge in [-0.05, 0) is 19.4 Å². The van der Waals surface area contributed by atoms with E-state index in [2.05, 4.69) is 0 Å². The van der Waals surface area contributed by atoms with Crippen LogP contribution in [0.3, 0.4) is 0 Å². The van der Waals surface area contributed by atoms with Crippen molar-refractivity contribution in [1.82, 2.24) is 0 Å². The van der Waals surface area contributed by atoms with Gasteiger partial charge in [-0.3, -0.25) is 0 Å². The van der Waals surface area contributed by atoms with Crippen LogP contribution >= 0.6 is 0 Å². The lowest BCUT2D eigenvalue weighted by atomic mass is 10.1. The molecular weight excluding hydrogens is 288 g/mol. The molecule has 22 heavy (non-hydrogen) atoms. The zero-order valence-electron chi connectivity index (χ0n) is 12.7. The van der Waals surface area contributed by atoms with E-state index in [0.717, 1.165) is 5.56 Å². The Balaban J connectivity index is 1.71. The van der Waals surface area contributed by atoms with Crippen LogP contribution in [0.1, 0.15) is 19.4 Å². The minimum atomic E-state index is -1.04. The Morgan fingerprint density at radius 3 is 2.64 bits per heavy atom. The second-order valence-electron chi connectivity index (χ2n) is 6.08. The van der Waals surface area contributed by atoms with E-state index in [1.807, 2.05) is 30.3 Å². The number of ether oxygens (including phenoxy) is 4. The summed E-state index contributed by atoms with van der Waals surface area (Å²) in [4.78, 5) is 0. The number of aliphatic hydroxyl groups excluding tert-OH is 2. The van der Waals surface area contributed by atoms with Crippen LogP contribution in [0.5, 0.6) is 0 Å². The standard InChI is InChI=1S/C16H22O6/c1-16(2)21-14-13(19-9-10-6-4-3-5-7-10)12(11(18)8-17)20-15(14)22-16/h3-7,11-15,17-18H,8-9H2,1-2H3/t11-,12?,13?,14-,15-/m1/s1. The smallest absolute Gasteiger partial charge is 0.190 e. The summed E-state index contributed by atoms with van der Waals surface area (Å²) in [6.07, 6.45) is -3.25. The lowest BCUT2D eigenvalue weighted by Crippen LogP contribution is -2.44. The number of hydrogen-bond donors (Lipinski definition) is 2. The Morgan fingerprint density at radius 1 is 1.23 bits per heavy atom. The van der Waals surface area contributed by atoms with Gasteiger partial charge in [0.2, 0.25) is 0 Å². The summed E-state index contributed by atoms with van der Waals surface area (Å²) >= 11 is 0. The van der Waals surface area contributed by atoms with Crippen LogP contribution in [0.2, 0.25) is 0 Å². The Kier molecular flexibility index (Phi) is 4.49. The summed E-state index contributed by atoms with van der Waals surface area (Å²) in [5.41, 5.74) is 1.02. The molecule has 1 aromatic rings. The molecule has 2 fully saturated rings. The van der Waals surface area contributed by atoms with Gasteiger partial charge in [-0.2, -0.15) is 0 Å². The molecule has 0 spiro atoms. The quantitative estimate of drug-likeness (QED) is 0.838. The average molecular weight is 310 g/mol. The van der Waals surface area contributed by atoms with Crippen molar-refractivity contribution in [3.8, 4) is 0 Å². The van der Waals surface area contributed by atoms with E-state index in [0.29, 0.717) is 6.61 Å². The summed E-state index contributed by atoms with van der Waals surface area (Å²) in [6, 6.07) is 9.73. The first kappa shape index (κ1) is 15.9. The van der Waals surface area contributed by atoms with Crippen LogP contribution in [0.4, 0.5) is 0 Å². The van der Waals surface area contributed by atoms with E-state index in [4.69, 9.17) is 18.9 Å². The Morgan fingerprint density at radius 2 is 1.95 bits per heavy atom. The van der Waals surface area contributed by atoms with Gasteiger partial charge in [-0.1, -0.05) is 30.3 Å². The molecule has 2 aliphatic heterocycles. The number of rotatable bonds is 5. The first-order valence-electron chi connectivity index (χ1n) is 7.46. The Labute approximate surface area is 129 Å². The van der Waals surface area contributed by atoms with E-state index in [-0.39, 0.29) is 0 Å². The van der Waals surface area contributed by atoms with Crippen molar-refractivity contribution >= 4 is 0 Å². The number of fused-ring (bicyclic) bond motifs is 1. The Hall–Kier alpha value is -1.02. The van der Waals surface area contributed by atoms with Crippen molar-refractivity contribution in [3.05, 3.63) is 35.9 Å². The third-order valence-corrected chi connectivity index (χ3v) is 3.88. The van der Waals surface area contributed by atoms with Crippen LogP contribution in [0, 0.1) is 0 Å². The summed E-state index contributed by atoms with van der Waals surface area (Å²) in [7, 11) is 0. The molecule has 2 heterocycles. The van der Waals surface area contributed by atoms with E-state index >= 15 is 0 Å². The zero-order chi connectivity index (χ0) is 15.7. The van der Waals surface area contributed by atoms with Crippen molar-refractivity contribution < 1.29 is 29.2 Å². The molecule has 122 valence electrons. The second-order valence-corrected chi connectivity index (χ2v) is 6.08. The third-order valence-electron chi connectivity index (χ3n) is 3.88. The van der Waals surface area contributed by atoms with Crippen molar-refractivity contribution in [2.24, 2.45) is 0 Å². The maximum absolute atomic E-state index is 9.94. The van der Waals surface area contributed by atoms with Gasteiger partial charge in [-0.15, -0.1) is 0 Å². The van der Waals surface area contributed by atoms with Gasteiger partial charge in [0.1, 0.15) is 24.4 Å². The maximum atomic E-state index is 9.94. The van der Waals surface area contributed by atoms with Crippen LogP contribution in [0.15, 0.2) is 30.3 Å². The molecule has 0 radical (unpaired) electrons. The summed E-state index contributed by atoms with van der Waals surface area (Å²) in [5, 5.41) is 19.1. The molecule has 5 atom stereocenters. The molecule has 0 saturated carbocycles. The van der Waals surface area contributed by atoms with E-state index in [1.165, 1.54) is 0 Å². The van der Waals surface area contributed by atoms with Gasteiger partial charge < -0.3 is 29.2 Å². The third kappa shape index (κ3) is 3.17. The summed E-state index contributed by atoms with van der Waals surface area (Å²) in [6.45, 7) is 3.58. The molecule has 0 aromatic heterocycles. The molecule has 2 aliphatic rings. The topological polar surface area (TPSA) is 77.4 Å². The zero-order valence-corrected chi connectivity index (χ0v) is 12.7. The minimum absolute atomic E-state index is 0.372. The summed E-state index contributed by atoms with van der Waals surface area (Å²) < 4.78 is 23.1. The molecule has 1 aromatic carbocycles. The van der Waals surface area contributed by atoms with E-state index in [9.17, 15) is 10.2 Å². The second kappa shape index (κ2) is 6.23. The molecule has 0 aliphatic carbocycles. The van der Waals surface area contributed by atoms with Crippen LogP contribution in [-0.2, 0) is 25.6 Å².